The lowest BCUT2D eigenvalue weighted by atomic mass is 9.83. The fourth-order valence-corrected chi connectivity index (χ4v) is 3.69. The second-order valence-corrected chi connectivity index (χ2v) is 8.28. The van der Waals surface area contributed by atoms with Crippen molar-refractivity contribution in [2.24, 2.45) is 5.41 Å². The maximum Gasteiger partial charge on any atom is 0.315 e. The molecule has 0 saturated heterocycles. The number of hydrogen-bond acceptors (Lipinski definition) is 4. The molecule has 2 aromatic rings. The normalized spacial score (nSPS) is 19.0. The number of carbonyl (C=O) groups excluding carboxylic acids is 2. The Labute approximate surface area is 187 Å². The SMILES string of the molecule is COC(=O)C1(C)C=CC(NC(=O)c2cc3n(n2)C(c2ccc(C)c(C)c2)=CCC#C3)=CC1. The second-order valence-electron chi connectivity index (χ2n) is 8.28. The van der Waals surface area contributed by atoms with Crippen LogP contribution in [0.3, 0.4) is 0 Å². The zero-order valence-electron chi connectivity index (χ0n) is 18.7. The van der Waals surface area contributed by atoms with Crippen LogP contribution >= 0.6 is 0 Å². The van der Waals surface area contributed by atoms with Gasteiger partial charge in [0.05, 0.1) is 18.2 Å². The molecule has 2 heterocycles. The molecular formula is C26H25N3O3. The number of aromatic nitrogens is 2. The van der Waals surface area contributed by atoms with Crippen molar-refractivity contribution in [3.8, 4) is 11.8 Å². The molecule has 0 radical (unpaired) electrons. The first-order chi connectivity index (χ1) is 15.3. The molecule has 4 rings (SSSR count). The first-order valence-corrected chi connectivity index (χ1v) is 10.5. The van der Waals surface area contributed by atoms with Crippen LogP contribution in [0.15, 0.2) is 54.3 Å². The summed E-state index contributed by atoms with van der Waals surface area (Å²) in [6.45, 7) is 5.95. The standard InChI is InChI=1S/C26H25N3O3/c1-17-9-10-19(15-18(17)2)23-8-6-5-7-21-16-22(28-29(21)23)24(30)27-20-11-13-26(3,14-12-20)25(31)32-4/h8-13,15-16H,6,14H2,1-4H3,(H,27,30). The molecule has 0 saturated carbocycles. The maximum absolute atomic E-state index is 12.9. The highest BCUT2D eigenvalue weighted by Gasteiger charge is 2.32. The average Bonchev–Trinajstić information content (AvgIpc) is 3.11. The molecule has 32 heavy (non-hydrogen) atoms. The summed E-state index contributed by atoms with van der Waals surface area (Å²) in [4.78, 5) is 24.8. The number of methoxy groups -OCH3 is 1. The Kier molecular flexibility index (Phi) is 5.58. The van der Waals surface area contributed by atoms with E-state index in [-0.39, 0.29) is 17.6 Å². The molecule has 1 unspecified atom stereocenters. The van der Waals surface area contributed by atoms with E-state index in [1.54, 1.807) is 29.8 Å². The van der Waals surface area contributed by atoms with Crippen LogP contribution in [0, 0.1) is 31.1 Å². The number of fused-ring (bicyclic) bond motifs is 1. The number of hydrogen-bond donors (Lipinski definition) is 1. The van der Waals surface area contributed by atoms with E-state index in [9.17, 15) is 9.59 Å². The van der Waals surface area contributed by atoms with Gasteiger partial charge < -0.3 is 10.1 Å². The summed E-state index contributed by atoms with van der Waals surface area (Å²) < 4.78 is 6.59. The molecule has 1 aromatic carbocycles. The number of nitrogens with zero attached hydrogens (tertiary/aromatic N) is 2. The van der Waals surface area contributed by atoms with Gasteiger partial charge in [-0.2, -0.15) is 5.10 Å². The fraction of sp³-hybridized carbons (Fsp3) is 0.269. The van der Waals surface area contributed by atoms with Crippen LogP contribution in [0.25, 0.3) is 5.70 Å². The van der Waals surface area contributed by atoms with Gasteiger partial charge in [-0.3, -0.25) is 9.59 Å². The molecule has 0 bridgehead atoms. The van der Waals surface area contributed by atoms with E-state index in [1.807, 2.05) is 12.2 Å². The van der Waals surface area contributed by atoms with E-state index < -0.39 is 5.41 Å². The predicted octanol–water partition coefficient (Wildman–Crippen LogP) is 3.90. The van der Waals surface area contributed by atoms with Gasteiger partial charge >= 0.3 is 5.97 Å². The Balaban J connectivity index is 1.57. The smallest absolute Gasteiger partial charge is 0.315 e. The summed E-state index contributed by atoms with van der Waals surface area (Å²) in [6, 6.07) is 7.96. The van der Waals surface area contributed by atoms with Gasteiger partial charge in [0.15, 0.2) is 5.69 Å². The van der Waals surface area contributed by atoms with Gasteiger partial charge in [-0.05, 0) is 62.5 Å². The van der Waals surface area contributed by atoms with Crippen molar-refractivity contribution in [1.82, 2.24) is 15.1 Å². The molecular weight excluding hydrogens is 402 g/mol. The summed E-state index contributed by atoms with van der Waals surface area (Å²) in [7, 11) is 1.37. The van der Waals surface area contributed by atoms with Gasteiger partial charge in [0.25, 0.3) is 5.91 Å². The van der Waals surface area contributed by atoms with Crippen molar-refractivity contribution in [2.45, 2.75) is 33.6 Å². The summed E-state index contributed by atoms with van der Waals surface area (Å²) in [5.41, 5.74) is 5.17. The van der Waals surface area contributed by atoms with E-state index in [0.717, 1.165) is 11.3 Å². The molecule has 6 nitrogen and oxygen atoms in total. The number of nitrogens with one attached hydrogen (secondary N) is 1. The number of ether oxygens (including phenoxy) is 1. The minimum Gasteiger partial charge on any atom is -0.468 e. The lowest BCUT2D eigenvalue weighted by molar-refractivity contribution is -0.148. The van der Waals surface area contributed by atoms with Gasteiger partial charge in [-0.1, -0.05) is 30.2 Å². The molecule has 6 heteroatoms. The first kappa shape index (κ1) is 21.4. The number of aryl methyl sites for hydroxylation is 2. The van der Waals surface area contributed by atoms with Gasteiger partial charge in [0.2, 0.25) is 0 Å². The molecule has 1 N–H and O–H groups in total. The Hall–Kier alpha value is -3.85. The topological polar surface area (TPSA) is 73.2 Å². The number of carbonyl (C=O) groups is 2. The van der Waals surface area contributed by atoms with Crippen molar-refractivity contribution in [2.75, 3.05) is 7.11 Å². The summed E-state index contributed by atoms with van der Waals surface area (Å²) in [6.07, 6.45) is 8.38. The van der Waals surface area contributed by atoms with Crippen LogP contribution in [-0.2, 0) is 9.53 Å². The molecule has 1 aliphatic heterocycles. The zero-order valence-corrected chi connectivity index (χ0v) is 18.7. The maximum atomic E-state index is 12.9. The quantitative estimate of drug-likeness (QED) is 0.593. The van der Waals surface area contributed by atoms with Gasteiger partial charge in [0.1, 0.15) is 5.69 Å². The molecule has 1 atom stereocenters. The summed E-state index contributed by atoms with van der Waals surface area (Å²) in [5, 5.41) is 7.43. The zero-order chi connectivity index (χ0) is 22.9. The third kappa shape index (κ3) is 4.02. The Bertz CT molecular complexity index is 1270. The van der Waals surface area contributed by atoms with E-state index in [4.69, 9.17) is 4.74 Å². The number of amides is 1. The van der Waals surface area contributed by atoms with Crippen molar-refractivity contribution in [3.05, 3.63) is 82.3 Å². The fourth-order valence-electron chi connectivity index (χ4n) is 3.69. The minimum atomic E-state index is -0.726. The highest BCUT2D eigenvalue weighted by atomic mass is 16.5. The number of allylic oxidation sites excluding steroid dienone is 3. The molecule has 2 aliphatic rings. The van der Waals surface area contributed by atoms with Crippen molar-refractivity contribution in [1.29, 1.82) is 0 Å². The molecule has 1 aromatic heterocycles. The molecule has 162 valence electrons. The molecule has 0 fully saturated rings. The lowest BCUT2D eigenvalue weighted by Gasteiger charge is -2.24. The van der Waals surface area contributed by atoms with Crippen LogP contribution in [0.1, 0.15) is 52.6 Å². The summed E-state index contributed by atoms with van der Waals surface area (Å²) >= 11 is 0. The van der Waals surface area contributed by atoms with Gasteiger partial charge in [0, 0.05) is 23.7 Å². The average molecular weight is 428 g/mol. The Morgan fingerprint density at radius 1 is 1.19 bits per heavy atom. The van der Waals surface area contributed by atoms with Gasteiger partial charge in [-0.25, -0.2) is 4.68 Å². The highest BCUT2D eigenvalue weighted by Crippen LogP contribution is 2.30. The Morgan fingerprint density at radius 3 is 2.69 bits per heavy atom. The van der Waals surface area contributed by atoms with E-state index in [2.05, 4.69) is 54.3 Å². The van der Waals surface area contributed by atoms with Crippen molar-refractivity contribution < 1.29 is 14.3 Å². The lowest BCUT2D eigenvalue weighted by Crippen LogP contribution is -2.30. The van der Waals surface area contributed by atoms with Crippen molar-refractivity contribution in [3.63, 3.8) is 0 Å². The molecule has 1 amide bonds. The van der Waals surface area contributed by atoms with Gasteiger partial charge in [-0.15, -0.1) is 0 Å². The minimum absolute atomic E-state index is 0.279. The third-order valence-electron chi connectivity index (χ3n) is 5.87. The molecule has 0 spiro atoms. The number of benzene rings is 1. The number of rotatable bonds is 4. The van der Waals surface area contributed by atoms with Crippen LogP contribution in [0.2, 0.25) is 0 Å². The summed E-state index contributed by atoms with van der Waals surface area (Å²) in [5.74, 6) is 5.56. The molecule has 1 aliphatic carbocycles. The first-order valence-electron chi connectivity index (χ1n) is 10.5. The Morgan fingerprint density at radius 2 is 2.00 bits per heavy atom. The van der Waals surface area contributed by atoms with Crippen LogP contribution in [0.4, 0.5) is 0 Å². The largest absolute Gasteiger partial charge is 0.468 e. The predicted molar refractivity (Wildman–Crippen MR) is 122 cm³/mol. The monoisotopic (exact) mass is 427 g/mol. The third-order valence-corrected chi connectivity index (χ3v) is 5.87. The highest BCUT2D eigenvalue weighted by molar-refractivity contribution is 5.94. The van der Waals surface area contributed by atoms with E-state index >= 15 is 0 Å². The van der Waals surface area contributed by atoms with E-state index in [1.165, 1.54) is 18.2 Å². The number of esters is 1. The van der Waals surface area contributed by atoms with Crippen LogP contribution < -0.4 is 5.32 Å². The van der Waals surface area contributed by atoms with E-state index in [0.29, 0.717) is 24.2 Å². The van der Waals surface area contributed by atoms with Crippen molar-refractivity contribution >= 4 is 17.6 Å². The van der Waals surface area contributed by atoms with Crippen LogP contribution in [0.5, 0.6) is 0 Å². The second kappa shape index (κ2) is 8.35. The van der Waals surface area contributed by atoms with Crippen LogP contribution in [-0.4, -0.2) is 28.8 Å².